The molecule has 1 unspecified atom stereocenters. The Balaban J connectivity index is 2.18. The monoisotopic (exact) mass is 298 g/mol. The Bertz CT molecular complexity index is 602. The molecule has 2 rings (SSSR count). The quantitative estimate of drug-likeness (QED) is 0.671. The van der Waals surface area contributed by atoms with E-state index < -0.39 is 10.0 Å². The smallest absolute Gasteiger partial charge is 0.244 e. The summed E-state index contributed by atoms with van der Waals surface area (Å²) in [5, 5.41) is 0.102. The molecule has 0 aliphatic carbocycles. The van der Waals surface area contributed by atoms with Gasteiger partial charge in [0.2, 0.25) is 15.9 Å². The molecule has 0 radical (unpaired) electrons. The molecule has 102 valence electrons. The van der Waals surface area contributed by atoms with Crippen LogP contribution in [0.5, 0.6) is 5.88 Å². The van der Waals surface area contributed by atoms with Crippen molar-refractivity contribution in [1.29, 1.82) is 0 Å². The van der Waals surface area contributed by atoms with E-state index in [1.54, 1.807) is 6.92 Å². The van der Waals surface area contributed by atoms with Crippen molar-refractivity contribution in [1.82, 2.24) is 9.29 Å². The molecule has 0 amide bonds. The van der Waals surface area contributed by atoms with E-state index in [-0.39, 0.29) is 16.0 Å². The minimum Gasteiger partial charge on any atom is -0.388 e. The molecule has 0 saturated carbocycles. The van der Waals surface area contributed by atoms with Crippen molar-refractivity contribution in [2.45, 2.75) is 23.5 Å². The maximum Gasteiger partial charge on any atom is 0.244 e. The lowest BCUT2D eigenvalue weighted by molar-refractivity contribution is 0.475. The van der Waals surface area contributed by atoms with Gasteiger partial charge in [0.15, 0.2) is 0 Å². The number of thiol groups is 1. The molecule has 1 aliphatic rings. The molecule has 5 nitrogen and oxygen atoms in total. The van der Waals surface area contributed by atoms with Gasteiger partial charge in [-0.15, -0.1) is 0 Å². The van der Waals surface area contributed by atoms with E-state index in [2.05, 4.69) is 29.6 Å². The van der Waals surface area contributed by atoms with Crippen LogP contribution < -0.4 is 4.74 Å². The van der Waals surface area contributed by atoms with Gasteiger partial charge in [0.25, 0.3) is 0 Å². The molecule has 1 aliphatic heterocycles. The Morgan fingerprint density at radius 3 is 2.84 bits per heavy atom. The number of sulfonamides is 1. The summed E-state index contributed by atoms with van der Waals surface area (Å²) in [4.78, 5) is 4.08. The van der Waals surface area contributed by atoms with Crippen molar-refractivity contribution in [3.8, 4) is 17.9 Å². The first-order valence-corrected chi connectivity index (χ1v) is 7.72. The molecule has 2 heterocycles. The highest BCUT2D eigenvalue weighted by atomic mass is 32.2. The van der Waals surface area contributed by atoms with Crippen molar-refractivity contribution >= 4 is 22.7 Å². The summed E-state index contributed by atoms with van der Waals surface area (Å²) in [6.07, 6.45) is 4.45. The van der Waals surface area contributed by atoms with Crippen LogP contribution in [0.4, 0.5) is 0 Å². The summed E-state index contributed by atoms with van der Waals surface area (Å²) in [6, 6.07) is 2.96. The van der Waals surface area contributed by atoms with Crippen LogP contribution in [0.3, 0.4) is 0 Å². The van der Waals surface area contributed by atoms with Crippen molar-refractivity contribution in [3.05, 3.63) is 18.3 Å². The second-order valence-corrected chi connectivity index (χ2v) is 6.76. The van der Waals surface area contributed by atoms with Crippen LogP contribution >= 0.6 is 12.6 Å². The van der Waals surface area contributed by atoms with Gasteiger partial charge in [0.05, 0.1) is 6.20 Å². The Labute approximate surface area is 118 Å². The average molecular weight is 298 g/mol. The van der Waals surface area contributed by atoms with E-state index in [1.807, 2.05) is 0 Å². The molecule has 19 heavy (non-hydrogen) atoms. The Morgan fingerprint density at radius 2 is 2.32 bits per heavy atom. The highest BCUT2D eigenvalue weighted by molar-refractivity contribution is 7.89. The molecule has 1 fully saturated rings. The normalized spacial score (nSPS) is 19.8. The number of hydrogen-bond acceptors (Lipinski definition) is 5. The van der Waals surface area contributed by atoms with Gasteiger partial charge in [-0.1, -0.05) is 5.92 Å². The first-order chi connectivity index (χ1) is 9.04. The molecule has 7 heteroatoms. The Morgan fingerprint density at radius 1 is 1.53 bits per heavy atom. The van der Waals surface area contributed by atoms with Gasteiger partial charge >= 0.3 is 0 Å². The lowest BCUT2D eigenvalue weighted by atomic mass is 10.4. The Kier molecular flexibility index (Phi) is 4.34. The zero-order valence-electron chi connectivity index (χ0n) is 10.4. The van der Waals surface area contributed by atoms with Gasteiger partial charge in [0.1, 0.15) is 11.0 Å². The number of hydrogen-bond donors (Lipinski definition) is 1. The van der Waals surface area contributed by atoms with Crippen LogP contribution in [0.1, 0.15) is 13.3 Å². The predicted octanol–water partition coefficient (Wildman–Crippen LogP) is 1.13. The molecule has 0 N–H and O–H groups in total. The number of aromatic nitrogens is 1. The minimum absolute atomic E-state index is 0.102. The molecule has 0 bridgehead atoms. The second kappa shape index (κ2) is 5.82. The van der Waals surface area contributed by atoms with Gasteiger partial charge in [-0.3, -0.25) is 0 Å². The molecule has 1 saturated heterocycles. The van der Waals surface area contributed by atoms with Crippen LogP contribution in [0.25, 0.3) is 0 Å². The zero-order chi connectivity index (χ0) is 13.9. The highest BCUT2D eigenvalue weighted by Crippen LogP contribution is 2.23. The van der Waals surface area contributed by atoms with E-state index >= 15 is 0 Å². The molecule has 1 aromatic rings. The van der Waals surface area contributed by atoms with Crippen LogP contribution in [-0.2, 0) is 10.0 Å². The molecular weight excluding hydrogens is 284 g/mol. The van der Waals surface area contributed by atoms with E-state index in [0.29, 0.717) is 13.1 Å². The van der Waals surface area contributed by atoms with E-state index in [1.165, 1.54) is 22.6 Å². The van der Waals surface area contributed by atoms with Gasteiger partial charge in [-0.05, 0) is 12.5 Å². The number of ether oxygens (including phenoxy) is 1. The topological polar surface area (TPSA) is 59.5 Å². The fourth-order valence-electron chi connectivity index (χ4n) is 1.76. The van der Waals surface area contributed by atoms with Crippen molar-refractivity contribution in [2.24, 2.45) is 0 Å². The van der Waals surface area contributed by atoms with Crippen LogP contribution in [0, 0.1) is 12.0 Å². The zero-order valence-corrected chi connectivity index (χ0v) is 12.1. The lowest BCUT2D eigenvalue weighted by Gasteiger charge is -2.15. The first kappa shape index (κ1) is 14.2. The summed E-state index contributed by atoms with van der Waals surface area (Å²) in [7, 11) is -3.48. The van der Waals surface area contributed by atoms with Crippen LogP contribution in [-0.4, -0.2) is 36.0 Å². The molecule has 1 aromatic heterocycles. The number of nitrogens with zero attached hydrogens (tertiary/aromatic N) is 2. The van der Waals surface area contributed by atoms with Crippen molar-refractivity contribution < 1.29 is 13.2 Å². The largest absolute Gasteiger partial charge is 0.388 e. The molecule has 0 aromatic carbocycles. The number of pyridine rings is 1. The van der Waals surface area contributed by atoms with Crippen LogP contribution in [0.15, 0.2) is 23.2 Å². The third-order valence-electron chi connectivity index (χ3n) is 2.73. The standard InChI is InChI=1S/C12H14N2O3S2/c1-2-7-17-12-4-3-11(8-13-12)19(15,16)14-6-5-10(18)9-14/h3-4,8,10,18H,5-6,9H2,1H3. The van der Waals surface area contributed by atoms with Crippen molar-refractivity contribution in [2.75, 3.05) is 13.1 Å². The lowest BCUT2D eigenvalue weighted by Crippen LogP contribution is -2.29. The fraction of sp³-hybridized carbons (Fsp3) is 0.417. The van der Waals surface area contributed by atoms with E-state index in [0.717, 1.165) is 6.42 Å². The molecule has 1 atom stereocenters. The fourth-order valence-corrected chi connectivity index (χ4v) is 3.63. The summed E-state index contributed by atoms with van der Waals surface area (Å²) < 4.78 is 31.0. The second-order valence-electron chi connectivity index (χ2n) is 4.09. The predicted molar refractivity (Wildman–Crippen MR) is 74.5 cm³/mol. The van der Waals surface area contributed by atoms with E-state index in [4.69, 9.17) is 4.74 Å². The van der Waals surface area contributed by atoms with Gasteiger partial charge in [0, 0.05) is 31.3 Å². The Hall–Kier alpha value is -1.23. The minimum atomic E-state index is -3.48. The SMILES string of the molecule is CC#COc1ccc(S(=O)(=O)N2CCC(S)C2)cn1. The van der Waals surface area contributed by atoms with Crippen LogP contribution in [0.2, 0.25) is 0 Å². The van der Waals surface area contributed by atoms with Gasteiger partial charge in [-0.2, -0.15) is 16.9 Å². The highest BCUT2D eigenvalue weighted by Gasteiger charge is 2.31. The molecular formula is C12H14N2O3S2. The summed E-state index contributed by atoms with van der Waals surface area (Å²) in [5.74, 6) is 2.84. The van der Waals surface area contributed by atoms with Gasteiger partial charge in [-0.25, -0.2) is 13.4 Å². The number of rotatable bonds is 3. The first-order valence-electron chi connectivity index (χ1n) is 5.77. The maximum absolute atomic E-state index is 12.3. The third-order valence-corrected chi connectivity index (χ3v) is 5.00. The van der Waals surface area contributed by atoms with Gasteiger partial charge < -0.3 is 4.74 Å². The summed E-state index contributed by atoms with van der Waals surface area (Å²) >= 11 is 4.29. The average Bonchev–Trinajstić information content (AvgIpc) is 2.84. The summed E-state index contributed by atoms with van der Waals surface area (Å²) in [5.41, 5.74) is 0. The van der Waals surface area contributed by atoms with E-state index in [9.17, 15) is 8.42 Å². The summed E-state index contributed by atoms with van der Waals surface area (Å²) in [6.45, 7) is 2.57. The third kappa shape index (κ3) is 3.21. The maximum atomic E-state index is 12.3. The van der Waals surface area contributed by atoms with Crippen molar-refractivity contribution in [3.63, 3.8) is 0 Å². The molecule has 0 spiro atoms.